The number of aromatic nitrogens is 1. The molecule has 1 amide bonds. The van der Waals surface area contributed by atoms with Gasteiger partial charge in [0.15, 0.2) is 0 Å². The molecule has 5 nitrogen and oxygen atoms in total. The number of carbonyl (C=O) groups excluding carboxylic acids is 1. The quantitative estimate of drug-likeness (QED) is 0.659. The summed E-state index contributed by atoms with van der Waals surface area (Å²) >= 11 is 0. The Labute approximate surface area is 79.8 Å². The van der Waals surface area contributed by atoms with E-state index < -0.39 is 5.97 Å². The smallest absolute Gasteiger partial charge is 0.337 e. The van der Waals surface area contributed by atoms with Crippen molar-refractivity contribution in [1.29, 1.82) is 0 Å². The lowest BCUT2D eigenvalue weighted by Gasteiger charge is -2.17. The van der Waals surface area contributed by atoms with Gasteiger partial charge >= 0.3 is 5.97 Å². The molecule has 0 fully saturated rings. The predicted octanol–water partition coefficient (Wildman–Crippen LogP) is 0.0657. The average Bonchev–Trinajstić information content (AvgIpc) is 2.17. The largest absolute Gasteiger partial charge is 0.478 e. The van der Waals surface area contributed by atoms with Crippen LogP contribution in [0.3, 0.4) is 0 Å². The molecule has 2 N–H and O–H groups in total. The van der Waals surface area contributed by atoms with Crippen molar-refractivity contribution in [2.45, 2.75) is 6.42 Å². The number of hydrogen-bond acceptors (Lipinski definition) is 3. The maximum atomic E-state index is 11.3. The molecule has 5 heteroatoms. The molecule has 1 aromatic heterocycles. The molecule has 1 aromatic rings. The van der Waals surface area contributed by atoms with Crippen LogP contribution in [0.25, 0.3) is 0 Å². The Morgan fingerprint density at radius 1 is 1.50 bits per heavy atom. The van der Waals surface area contributed by atoms with Gasteiger partial charge in [-0.05, 0) is 12.0 Å². The normalized spacial score (nSPS) is 14.4. The fourth-order valence-corrected chi connectivity index (χ4v) is 1.53. The summed E-state index contributed by atoms with van der Waals surface area (Å²) in [6, 6.07) is 0. The lowest BCUT2D eigenvalue weighted by atomic mass is 9.98. The minimum atomic E-state index is -1.04. The first-order chi connectivity index (χ1) is 6.70. The van der Waals surface area contributed by atoms with Gasteiger partial charge in [-0.15, -0.1) is 0 Å². The highest BCUT2D eigenvalue weighted by atomic mass is 16.4. The average molecular weight is 192 g/mol. The van der Waals surface area contributed by atoms with Crippen LogP contribution < -0.4 is 5.32 Å². The predicted molar refractivity (Wildman–Crippen MR) is 47.2 cm³/mol. The summed E-state index contributed by atoms with van der Waals surface area (Å²) in [4.78, 5) is 25.9. The van der Waals surface area contributed by atoms with Gasteiger partial charge in [0.2, 0.25) is 0 Å². The van der Waals surface area contributed by atoms with Gasteiger partial charge in [0.25, 0.3) is 5.91 Å². The molecule has 0 spiro atoms. The summed E-state index contributed by atoms with van der Waals surface area (Å²) in [6.07, 6.45) is 3.22. The lowest BCUT2D eigenvalue weighted by Crippen LogP contribution is -2.33. The Kier molecular flexibility index (Phi) is 1.92. The van der Waals surface area contributed by atoms with Crippen molar-refractivity contribution in [1.82, 2.24) is 10.3 Å². The summed E-state index contributed by atoms with van der Waals surface area (Å²) in [6.45, 7) is 0.482. The summed E-state index contributed by atoms with van der Waals surface area (Å²) in [5.74, 6) is -1.29. The number of pyridine rings is 1. The number of carboxylic acids is 1. The minimum Gasteiger partial charge on any atom is -0.478 e. The number of rotatable bonds is 1. The van der Waals surface area contributed by atoms with E-state index in [1.54, 1.807) is 0 Å². The maximum absolute atomic E-state index is 11.3. The first-order valence-electron chi connectivity index (χ1n) is 4.18. The van der Waals surface area contributed by atoms with E-state index in [9.17, 15) is 9.59 Å². The highest BCUT2D eigenvalue weighted by molar-refractivity contribution is 6.00. The zero-order valence-corrected chi connectivity index (χ0v) is 7.28. The molecule has 1 aliphatic heterocycles. The lowest BCUT2D eigenvalue weighted by molar-refractivity contribution is 0.0695. The molecular weight excluding hydrogens is 184 g/mol. The van der Waals surface area contributed by atoms with E-state index in [-0.39, 0.29) is 11.5 Å². The molecule has 0 saturated heterocycles. The first-order valence-corrected chi connectivity index (χ1v) is 4.18. The van der Waals surface area contributed by atoms with Crippen LogP contribution >= 0.6 is 0 Å². The van der Waals surface area contributed by atoms with Crippen molar-refractivity contribution in [2.24, 2.45) is 0 Å². The van der Waals surface area contributed by atoms with Gasteiger partial charge in [-0.1, -0.05) is 0 Å². The zero-order valence-electron chi connectivity index (χ0n) is 7.28. The van der Waals surface area contributed by atoms with Gasteiger partial charge in [0.1, 0.15) is 0 Å². The van der Waals surface area contributed by atoms with Gasteiger partial charge in [0.05, 0.1) is 11.1 Å². The van der Waals surface area contributed by atoms with Crippen molar-refractivity contribution >= 4 is 11.9 Å². The molecular formula is C9H8N2O3. The monoisotopic (exact) mass is 192 g/mol. The van der Waals surface area contributed by atoms with Crippen molar-refractivity contribution < 1.29 is 14.7 Å². The van der Waals surface area contributed by atoms with Gasteiger partial charge < -0.3 is 10.4 Å². The second kappa shape index (κ2) is 3.10. The Bertz CT molecular complexity index is 400. The zero-order chi connectivity index (χ0) is 10.1. The molecule has 0 unspecified atom stereocenters. The van der Waals surface area contributed by atoms with E-state index in [1.807, 2.05) is 0 Å². The van der Waals surface area contributed by atoms with E-state index in [0.717, 1.165) is 0 Å². The van der Waals surface area contributed by atoms with Crippen molar-refractivity contribution in [2.75, 3.05) is 6.54 Å². The highest BCUT2D eigenvalue weighted by Crippen LogP contribution is 2.16. The summed E-state index contributed by atoms with van der Waals surface area (Å²) in [5.41, 5.74) is 1.07. The number of hydrogen-bond donors (Lipinski definition) is 2. The van der Waals surface area contributed by atoms with Crippen molar-refractivity contribution in [3.63, 3.8) is 0 Å². The summed E-state index contributed by atoms with van der Waals surface area (Å²) in [7, 11) is 0. The van der Waals surface area contributed by atoms with Gasteiger partial charge in [-0.2, -0.15) is 0 Å². The highest BCUT2D eigenvalue weighted by Gasteiger charge is 2.22. The van der Waals surface area contributed by atoms with Crippen molar-refractivity contribution in [3.05, 3.63) is 29.1 Å². The van der Waals surface area contributed by atoms with Crippen LogP contribution in [0.2, 0.25) is 0 Å². The van der Waals surface area contributed by atoms with Gasteiger partial charge in [0, 0.05) is 18.9 Å². The fraction of sp³-hybridized carbons (Fsp3) is 0.222. The molecule has 2 rings (SSSR count). The molecule has 72 valence electrons. The Balaban J connectivity index is 2.60. The second-order valence-electron chi connectivity index (χ2n) is 3.02. The first kappa shape index (κ1) is 8.68. The standard InChI is InChI=1S/C9H8N2O3/c12-8-6-3-10-4-7(9(13)14)5(6)1-2-11-8/h3-4H,1-2H2,(H,11,12)(H,13,14). The third kappa shape index (κ3) is 1.22. The topological polar surface area (TPSA) is 79.3 Å². The number of fused-ring (bicyclic) bond motifs is 1. The molecule has 14 heavy (non-hydrogen) atoms. The van der Waals surface area contributed by atoms with Crippen molar-refractivity contribution in [3.8, 4) is 0 Å². The molecule has 0 saturated carbocycles. The van der Waals surface area contributed by atoms with Crippen LogP contribution in [0.5, 0.6) is 0 Å². The Hall–Kier alpha value is -1.91. The molecule has 0 radical (unpaired) electrons. The van der Waals surface area contributed by atoms with Crippen LogP contribution in [-0.2, 0) is 6.42 Å². The van der Waals surface area contributed by atoms with Crippen LogP contribution in [-0.4, -0.2) is 28.5 Å². The van der Waals surface area contributed by atoms with E-state index in [4.69, 9.17) is 5.11 Å². The summed E-state index contributed by atoms with van der Waals surface area (Å²) in [5, 5.41) is 11.5. The van der Waals surface area contributed by atoms with E-state index in [1.165, 1.54) is 12.4 Å². The van der Waals surface area contributed by atoms with Crippen LogP contribution in [0.4, 0.5) is 0 Å². The second-order valence-corrected chi connectivity index (χ2v) is 3.02. The number of carboxylic acid groups (broad SMARTS) is 1. The van der Waals surface area contributed by atoms with Crippen LogP contribution in [0.1, 0.15) is 26.3 Å². The Morgan fingerprint density at radius 2 is 2.29 bits per heavy atom. The van der Waals surface area contributed by atoms with E-state index >= 15 is 0 Å². The van der Waals surface area contributed by atoms with Crippen LogP contribution in [0.15, 0.2) is 12.4 Å². The van der Waals surface area contributed by atoms with E-state index in [0.29, 0.717) is 24.1 Å². The van der Waals surface area contributed by atoms with Gasteiger partial charge in [-0.25, -0.2) is 4.79 Å². The third-order valence-electron chi connectivity index (χ3n) is 2.19. The molecule has 0 aromatic carbocycles. The number of nitrogens with one attached hydrogen (secondary N) is 1. The number of aromatic carboxylic acids is 1. The minimum absolute atomic E-state index is 0.123. The molecule has 0 bridgehead atoms. The van der Waals surface area contributed by atoms with E-state index in [2.05, 4.69) is 10.3 Å². The SMILES string of the molecule is O=C(O)c1cncc2c1CCNC2=O. The fourth-order valence-electron chi connectivity index (χ4n) is 1.53. The molecule has 0 atom stereocenters. The maximum Gasteiger partial charge on any atom is 0.337 e. The third-order valence-corrected chi connectivity index (χ3v) is 2.19. The number of nitrogens with zero attached hydrogens (tertiary/aromatic N) is 1. The van der Waals surface area contributed by atoms with Crippen LogP contribution in [0, 0.1) is 0 Å². The molecule has 1 aliphatic rings. The Morgan fingerprint density at radius 3 is 3.00 bits per heavy atom. The molecule has 2 heterocycles. The molecule has 0 aliphatic carbocycles. The number of amides is 1. The number of carbonyl (C=O) groups is 2. The van der Waals surface area contributed by atoms with Gasteiger partial charge in [-0.3, -0.25) is 9.78 Å². The summed E-state index contributed by atoms with van der Waals surface area (Å²) < 4.78 is 0.